The number of rotatable bonds is 4. The first-order chi connectivity index (χ1) is 10.0. The third-order valence-corrected chi connectivity index (χ3v) is 4.28. The molecular weight excluding hydrogens is 262 g/mol. The minimum atomic E-state index is 0.161. The van der Waals surface area contributed by atoms with Gasteiger partial charge in [0.05, 0.1) is 12.0 Å². The minimum absolute atomic E-state index is 0.161. The second-order valence-corrected chi connectivity index (χ2v) is 5.70. The molecule has 0 N–H and O–H groups in total. The van der Waals surface area contributed by atoms with Crippen LogP contribution in [0.15, 0.2) is 17.1 Å². The Bertz CT molecular complexity index is 545. The van der Waals surface area contributed by atoms with E-state index < -0.39 is 0 Å². The highest BCUT2D eigenvalue weighted by molar-refractivity contribution is 5.96. The molecule has 4 nitrogen and oxygen atoms in total. The Labute approximate surface area is 127 Å². The molecule has 0 bridgehead atoms. The predicted molar refractivity (Wildman–Crippen MR) is 87.5 cm³/mol. The molecule has 1 fully saturated rings. The lowest BCUT2D eigenvalue weighted by atomic mass is 10.0. The number of nitrogens with zero attached hydrogens (tertiary/aromatic N) is 3. The van der Waals surface area contributed by atoms with E-state index in [9.17, 15) is 4.79 Å². The van der Waals surface area contributed by atoms with Crippen LogP contribution in [0.25, 0.3) is 0 Å². The largest absolute Gasteiger partial charge is 0.366 e. The Morgan fingerprint density at radius 2 is 1.95 bits per heavy atom. The number of likely N-dealkylation sites (tertiary alicyclic amines) is 1. The quantitative estimate of drug-likeness (QED) is 0.630. The van der Waals surface area contributed by atoms with Crippen LogP contribution in [0.3, 0.4) is 0 Å². The van der Waals surface area contributed by atoms with Crippen molar-refractivity contribution in [2.24, 2.45) is 4.99 Å². The first kappa shape index (κ1) is 15.5. The zero-order valence-corrected chi connectivity index (χ0v) is 13.5. The number of amides is 1. The van der Waals surface area contributed by atoms with Crippen molar-refractivity contribution < 1.29 is 4.79 Å². The first-order valence-corrected chi connectivity index (χ1v) is 7.68. The van der Waals surface area contributed by atoms with Gasteiger partial charge in [-0.1, -0.05) is 0 Å². The van der Waals surface area contributed by atoms with Gasteiger partial charge in [0.2, 0.25) is 0 Å². The molecule has 1 aliphatic heterocycles. The number of hydrogen-bond acceptors (Lipinski definition) is 2. The van der Waals surface area contributed by atoms with Crippen molar-refractivity contribution in [2.45, 2.75) is 33.6 Å². The van der Waals surface area contributed by atoms with E-state index in [4.69, 9.17) is 0 Å². The molecule has 1 saturated heterocycles. The lowest BCUT2D eigenvalue weighted by molar-refractivity contribution is 0.0792. The molecule has 1 amide bonds. The first-order valence-electron chi connectivity index (χ1n) is 7.68. The molecule has 1 aromatic rings. The molecule has 0 unspecified atom stereocenters. The van der Waals surface area contributed by atoms with Gasteiger partial charge in [-0.25, -0.2) is 4.99 Å². The lowest BCUT2D eigenvalue weighted by Gasteiger charge is -2.18. The van der Waals surface area contributed by atoms with Crippen LogP contribution in [0.5, 0.6) is 0 Å². The van der Waals surface area contributed by atoms with Crippen LogP contribution in [0.4, 0.5) is 5.69 Å². The maximum atomic E-state index is 12.5. The summed E-state index contributed by atoms with van der Waals surface area (Å²) in [6.07, 6.45) is 4.08. The van der Waals surface area contributed by atoms with E-state index in [-0.39, 0.29) is 5.91 Å². The zero-order chi connectivity index (χ0) is 15.4. The highest BCUT2D eigenvalue weighted by Crippen LogP contribution is 2.26. The lowest BCUT2D eigenvalue weighted by Crippen LogP contribution is -2.28. The molecular formula is C17H25N3O. The van der Waals surface area contributed by atoms with Crippen molar-refractivity contribution >= 4 is 17.9 Å². The molecule has 1 aromatic carbocycles. The van der Waals surface area contributed by atoms with E-state index in [1.165, 1.54) is 0 Å². The van der Waals surface area contributed by atoms with E-state index in [1.54, 1.807) is 0 Å². The van der Waals surface area contributed by atoms with Crippen LogP contribution in [0.1, 0.15) is 41.3 Å². The molecule has 1 heterocycles. The summed E-state index contributed by atoms with van der Waals surface area (Å²) in [4.78, 5) is 21.0. The fourth-order valence-corrected chi connectivity index (χ4v) is 2.51. The highest BCUT2D eigenvalue weighted by atomic mass is 16.2. The minimum Gasteiger partial charge on any atom is -0.366 e. The van der Waals surface area contributed by atoms with Gasteiger partial charge in [0.1, 0.15) is 0 Å². The Morgan fingerprint density at radius 1 is 1.29 bits per heavy atom. The average molecular weight is 287 g/mol. The molecule has 114 valence electrons. The summed E-state index contributed by atoms with van der Waals surface area (Å²) >= 11 is 0. The third-order valence-electron chi connectivity index (χ3n) is 4.28. The van der Waals surface area contributed by atoms with E-state index in [2.05, 4.69) is 11.9 Å². The van der Waals surface area contributed by atoms with Crippen LogP contribution in [-0.4, -0.2) is 48.7 Å². The van der Waals surface area contributed by atoms with Crippen LogP contribution >= 0.6 is 0 Å². The Hall–Kier alpha value is -1.84. The van der Waals surface area contributed by atoms with Crippen LogP contribution in [0.2, 0.25) is 0 Å². The molecule has 0 aliphatic carbocycles. The second kappa shape index (κ2) is 6.74. The Balaban J connectivity index is 2.24. The van der Waals surface area contributed by atoms with Gasteiger partial charge in [0.15, 0.2) is 0 Å². The summed E-state index contributed by atoms with van der Waals surface area (Å²) in [5, 5.41) is 0. The second-order valence-electron chi connectivity index (χ2n) is 5.70. The van der Waals surface area contributed by atoms with Gasteiger partial charge < -0.3 is 9.80 Å². The molecule has 0 aromatic heterocycles. The molecule has 1 aliphatic rings. The summed E-state index contributed by atoms with van der Waals surface area (Å²) < 4.78 is 0. The van der Waals surface area contributed by atoms with Gasteiger partial charge >= 0.3 is 0 Å². The summed E-state index contributed by atoms with van der Waals surface area (Å²) in [7, 11) is 2.00. The van der Waals surface area contributed by atoms with Crippen molar-refractivity contribution in [2.75, 3.05) is 26.7 Å². The number of hydrogen-bond donors (Lipinski definition) is 0. The van der Waals surface area contributed by atoms with E-state index in [0.717, 1.165) is 54.9 Å². The van der Waals surface area contributed by atoms with Gasteiger partial charge in [-0.2, -0.15) is 0 Å². The van der Waals surface area contributed by atoms with Crippen molar-refractivity contribution in [3.05, 3.63) is 28.8 Å². The number of carbonyl (C=O) groups excluding carboxylic acids is 1. The van der Waals surface area contributed by atoms with Crippen molar-refractivity contribution in [3.8, 4) is 0 Å². The highest BCUT2D eigenvalue weighted by Gasteiger charge is 2.21. The summed E-state index contributed by atoms with van der Waals surface area (Å²) in [5.41, 5.74) is 3.88. The van der Waals surface area contributed by atoms with Gasteiger partial charge in [-0.15, -0.1) is 0 Å². The Kier molecular flexibility index (Phi) is 4.99. The van der Waals surface area contributed by atoms with Gasteiger partial charge in [0, 0.05) is 32.2 Å². The summed E-state index contributed by atoms with van der Waals surface area (Å²) in [5.74, 6) is 0.161. The van der Waals surface area contributed by atoms with Gasteiger partial charge in [0.25, 0.3) is 5.91 Å². The van der Waals surface area contributed by atoms with E-state index in [1.807, 2.05) is 49.2 Å². The number of aliphatic imine (C=N–C) groups is 1. The molecule has 0 atom stereocenters. The number of benzene rings is 1. The van der Waals surface area contributed by atoms with E-state index in [0.29, 0.717) is 0 Å². The standard InChI is InChI=1S/C17H25N3O/c1-5-19(4)12-18-16-9-8-15(13(2)14(16)3)17(21)20-10-6-7-11-20/h8-9,12H,5-7,10-11H2,1-4H3. The summed E-state index contributed by atoms with van der Waals surface area (Å²) in [6.45, 7) is 8.84. The number of carbonyl (C=O) groups is 1. The molecule has 0 spiro atoms. The zero-order valence-electron chi connectivity index (χ0n) is 13.5. The molecule has 0 radical (unpaired) electrons. The predicted octanol–water partition coefficient (Wildman–Crippen LogP) is 3.15. The van der Waals surface area contributed by atoms with Gasteiger partial charge in [-0.05, 0) is 56.9 Å². The van der Waals surface area contributed by atoms with Crippen LogP contribution in [0, 0.1) is 13.8 Å². The topological polar surface area (TPSA) is 35.9 Å². The monoisotopic (exact) mass is 287 g/mol. The van der Waals surface area contributed by atoms with Gasteiger partial charge in [-0.3, -0.25) is 4.79 Å². The van der Waals surface area contributed by atoms with Crippen molar-refractivity contribution in [1.29, 1.82) is 0 Å². The SMILES string of the molecule is CCN(C)C=Nc1ccc(C(=O)N2CCCC2)c(C)c1C. The molecule has 0 saturated carbocycles. The van der Waals surface area contributed by atoms with E-state index >= 15 is 0 Å². The molecule has 2 rings (SSSR count). The van der Waals surface area contributed by atoms with Crippen LogP contribution in [-0.2, 0) is 0 Å². The maximum Gasteiger partial charge on any atom is 0.254 e. The smallest absolute Gasteiger partial charge is 0.254 e. The summed E-state index contributed by atoms with van der Waals surface area (Å²) in [6, 6.07) is 3.87. The van der Waals surface area contributed by atoms with Crippen LogP contribution < -0.4 is 0 Å². The fraction of sp³-hybridized carbons (Fsp3) is 0.529. The normalized spacial score (nSPS) is 15.0. The maximum absolute atomic E-state index is 12.5. The Morgan fingerprint density at radius 3 is 2.57 bits per heavy atom. The average Bonchev–Trinajstić information content (AvgIpc) is 3.02. The fourth-order valence-electron chi connectivity index (χ4n) is 2.51. The van der Waals surface area contributed by atoms with Crippen molar-refractivity contribution in [3.63, 3.8) is 0 Å². The van der Waals surface area contributed by atoms with Crippen molar-refractivity contribution in [1.82, 2.24) is 9.80 Å². The third kappa shape index (κ3) is 3.43. The molecule has 21 heavy (non-hydrogen) atoms. The molecule has 4 heteroatoms.